The number of hydrogen-bond donors (Lipinski definition) is 3. The van der Waals surface area contributed by atoms with Gasteiger partial charge in [-0.05, 0) is 30.3 Å². The number of rotatable bonds is 7. The zero-order valence-corrected chi connectivity index (χ0v) is 12.6. The SMILES string of the molecule is CCNCCNc1nc(Cl)nc(Nc2cc(F)cc(F)c2)n1. The van der Waals surface area contributed by atoms with Crippen molar-refractivity contribution in [3.63, 3.8) is 0 Å². The molecule has 0 bridgehead atoms. The Morgan fingerprint density at radius 3 is 2.36 bits per heavy atom. The standard InChI is InChI=1S/C13H15ClF2N6/c1-2-17-3-4-18-12-20-11(14)21-13(22-12)19-10-6-8(15)5-9(16)7-10/h5-7,17H,2-4H2,1H3,(H2,18,19,20,21,22). The van der Waals surface area contributed by atoms with E-state index < -0.39 is 11.6 Å². The monoisotopic (exact) mass is 328 g/mol. The third-order valence-electron chi connectivity index (χ3n) is 2.56. The van der Waals surface area contributed by atoms with Gasteiger partial charge >= 0.3 is 0 Å². The van der Waals surface area contributed by atoms with E-state index in [1.54, 1.807) is 0 Å². The molecule has 0 aliphatic carbocycles. The lowest BCUT2D eigenvalue weighted by molar-refractivity contribution is 0.584. The molecule has 6 nitrogen and oxygen atoms in total. The van der Waals surface area contributed by atoms with Gasteiger partial charge in [-0.3, -0.25) is 0 Å². The first-order valence-electron chi connectivity index (χ1n) is 6.66. The van der Waals surface area contributed by atoms with Crippen LogP contribution in [-0.4, -0.2) is 34.6 Å². The molecule has 0 aliphatic heterocycles. The number of aromatic nitrogens is 3. The van der Waals surface area contributed by atoms with Gasteiger partial charge in [0.15, 0.2) is 0 Å². The summed E-state index contributed by atoms with van der Waals surface area (Å²) < 4.78 is 26.3. The molecule has 2 aromatic rings. The largest absolute Gasteiger partial charge is 0.353 e. The maximum absolute atomic E-state index is 13.1. The minimum absolute atomic E-state index is 0.0275. The second-order valence-electron chi connectivity index (χ2n) is 4.32. The number of halogens is 3. The Labute approximate surface area is 131 Å². The van der Waals surface area contributed by atoms with E-state index in [0.717, 1.165) is 31.3 Å². The van der Waals surface area contributed by atoms with Gasteiger partial charge < -0.3 is 16.0 Å². The Bertz CT molecular complexity index is 620. The molecule has 0 fully saturated rings. The first-order valence-corrected chi connectivity index (χ1v) is 7.04. The van der Waals surface area contributed by atoms with E-state index in [1.807, 2.05) is 6.92 Å². The summed E-state index contributed by atoms with van der Waals surface area (Å²) in [5, 5.41) is 8.76. The van der Waals surface area contributed by atoms with Crippen LogP contribution in [0.25, 0.3) is 0 Å². The molecule has 1 heterocycles. The number of nitrogens with zero attached hydrogens (tertiary/aromatic N) is 3. The molecule has 0 aliphatic rings. The number of nitrogens with one attached hydrogen (secondary N) is 3. The first kappa shape index (κ1) is 16.3. The maximum atomic E-state index is 13.1. The smallest absolute Gasteiger partial charge is 0.233 e. The summed E-state index contributed by atoms with van der Waals surface area (Å²) in [4.78, 5) is 11.9. The van der Waals surface area contributed by atoms with E-state index in [-0.39, 0.29) is 22.9 Å². The normalized spacial score (nSPS) is 10.5. The van der Waals surface area contributed by atoms with Crippen molar-refractivity contribution in [2.75, 3.05) is 30.3 Å². The van der Waals surface area contributed by atoms with Crippen molar-refractivity contribution >= 4 is 29.2 Å². The Balaban J connectivity index is 2.08. The predicted molar refractivity (Wildman–Crippen MR) is 81.5 cm³/mol. The third kappa shape index (κ3) is 5.05. The number of likely N-dealkylation sites (N-methyl/N-ethyl adjacent to an activating group) is 1. The van der Waals surface area contributed by atoms with Crippen molar-refractivity contribution < 1.29 is 8.78 Å². The average Bonchev–Trinajstić information content (AvgIpc) is 2.42. The molecule has 1 aromatic heterocycles. The molecule has 0 spiro atoms. The van der Waals surface area contributed by atoms with Gasteiger partial charge in [0.05, 0.1) is 0 Å². The minimum atomic E-state index is -0.702. The Morgan fingerprint density at radius 1 is 1.00 bits per heavy atom. The lowest BCUT2D eigenvalue weighted by Gasteiger charge is -2.09. The van der Waals surface area contributed by atoms with Gasteiger partial charge in [0.25, 0.3) is 0 Å². The third-order valence-corrected chi connectivity index (χ3v) is 2.73. The van der Waals surface area contributed by atoms with Gasteiger partial charge in [-0.15, -0.1) is 0 Å². The Hall–Kier alpha value is -2.06. The van der Waals surface area contributed by atoms with Crippen LogP contribution < -0.4 is 16.0 Å². The number of benzene rings is 1. The van der Waals surface area contributed by atoms with Crippen molar-refractivity contribution in [1.29, 1.82) is 0 Å². The summed E-state index contributed by atoms with van der Waals surface area (Å²) in [6.07, 6.45) is 0. The lowest BCUT2D eigenvalue weighted by atomic mass is 10.3. The zero-order valence-electron chi connectivity index (χ0n) is 11.8. The molecule has 0 unspecified atom stereocenters. The van der Waals surface area contributed by atoms with Crippen LogP contribution >= 0.6 is 11.6 Å². The molecule has 0 radical (unpaired) electrons. The molecule has 0 amide bonds. The van der Waals surface area contributed by atoms with E-state index in [4.69, 9.17) is 11.6 Å². The Morgan fingerprint density at radius 2 is 1.68 bits per heavy atom. The summed E-state index contributed by atoms with van der Waals surface area (Å²) in [7, 11) is 0. The van der Waals surface area contributed by atoms with Crippen LogP contribution in [0.1, 0.15) is 6.92 Å². The van der Waals surface area contributed by atoms with E-state index in [0.29, 0.717) is 6.54 Å². The molecule has 0 atom stereocenters. The fourth-order valence-electron chi connectivity index (χ4n) is 1.68. The predicted octanol–water partition coefficient (Wildman–Crippen LogP) is 2.57. The molecule has 22 heavy (non-hydrogen) atoms. The number of anilines is 3. The van der Waals surface area contributed by atoms with Crippen molar-refractivity contribution in [1.82, 2.24) is 20.3 Å². The van der Waals surface area contributed by atoms with Gasteiger partial charge in [0.1, 0.15) is 11.6 Å². The molecule has 9 heteroatoms. The van der Waals surface area contributed by atoms with Gasteiger partial charge in [-0.25, -0.2) is 8.78 Å². The fraction of sp³-hybridized carbons (Fsp3) is 0.308. The quantitative estimate of drug-likeness (QED) is 0.678. The highest BCUT2D eigenvalue weighted by Gasteiger charge is 2.07. The number of hydrogen-bond acceptors (Lipinski definition) is 6. The van der Waals surface area contributed by atoms with E-state index in [9.17, 15) is 8.78 Å². The minimum Gasteiger partial charge on any atom is -0.353 e. The van der Waals surface area contributed by atoms with Crippen LogP contribution in [0.15, 0.2) is 18.2 Å². The first-order chi connectivity index (χ1) is 10.6. The second-order valence-corrected chi connectivity index (χ2v) is 4.65. The summed E-state index contributed by atoms with van der Waals surface area (Å²) in [5.74, 6) is -1.04. The van der Waals surface area contributed by atoms with Crippen molar-refractivity contribution in [2.24, 2.45) is 0 Å². The van der Waals surface area contributed by atoms with Crippen molar-refractivity contribution in [3.8, 4) is 0 Å². The average molecular weight is 329 g/mol. The van der Waals surface area contributed by atoms with Gasteiger partial charge in [-0.1, -0.05) is 6.92 Å². The maximum Gasteiger partial charge on any atom is 0.233 e. The molecule has 118 valence electrons. The molecule has 3 N–H and O–H groups in total. The van der Waals surface area contributed by atoms with Crippen LogP contribution in [0.2, 0.25) is 5.28 Å². The van der Waals surface area contributed by atoms with E-state index in [2.05, 4.69) is 30.9 Å². The zero-order chi connectivity index (χ0) is 15.9. The molecule has 2 rings (SSSR count). The summed E-state index contributed by atoms with van der Waals surface area (Å²) in [6, 6.07) is 3.03. The topological polar surface area (TPSA) is 74.8 Å². The molecule has 0 saturated carbocycles. The second kappa shape index (κ2) is 7.81. The highest BCUT2D eigenvalue weighted by atomic mass is 35.5. The molecular weight excluding hydrogens is 314 g/mol. The van der Waals surface area contributed by atoms with Crippen LogP contribution in [0.3, 0.4) is 0 Å². The van der Waals surface area contributed by atoms with Crippen LogP contribution in [0, 0.1) is 11.6 Å². The molecule has 1 aromatic carbocycles. The van der Waals surface area contributed by atoms with Gasteiger partial charge in [-0.2, -0.15) is 15.0 Å². The van der Waals surface area contributed by atoms with Crippen LogP contribution in [0.5, 0.6) is 0 Å². The van der Waals surface area contributed by atoms with Gasteiger partial charge in [0.2, 0.25) is 17.2 Å². The van der Waals surface area contributed by atoms with Crippen molar-refractivity contribution in [3.05, 3.63) is 35.1 Å². The summed E-state index contributed by atoms with van der Waals surface area (Å²) >= 11 is 5.81. The van der Waals surface area contributed by atoms with Crippen molar-refractivity contribution in [2.45, 2.75) is 6.92 Å². The highest BCUT2D eigenvalue weighted by molar-refractivity contribution is 6.28. The molecular formula is C13H15ClF2N6. The van der Waals surface area contributed by atoms with E-state index >= 15 is 0 Å². The van der Waals surface area contributed by atoms with E-state index in [1.165, 1.54) is 0 Å². The van der Waals surface area contributed by atoms with Crippen LogP contribution in [-0.2, 0) is 0 Å². The highest BCUT2D eigenvalue weighted by Crippen LogP contribution is 2.18. The van der Waals surface area contributed by atoms with Gasteiger partial charge in [0, 0.05) is 24.8 Å². The lowest BCUT2D eigenvalue weighted by Crippen LogP contribution is -2.22. The summed E-state index contributed by atoms with van der Waals surface area (Å²) in [5.41, 5.74) is 0.179. The molecule has 0 saturated heterocycles. The fourth-order valence-corrected chi connectivity index (χ4v) is 1.84. The summed E-state index contributed by atoms with van der Waals surface area (Å²) in [6.45, 7) is 4.19. The Kier molecular flexibility index (Phi) is 5.79. The van der Waals surface area contributed by atoms with Crippen LogP contribution in [0.4, 0.5) is 26.4 Å².